The predicted molar refractivity (Wildman–Crippen MR) is 51.1 cm³/mol. The zero-order valence-electron chi connectivity index (χ0n) is 7.69. The molecule has 1 heterocycles. The average molecular weight is 275 g/mol. The largest absolute Gasteiger partial charge is 0.323 e. The van der Waals surface area contributed by atoms with Gasteiger partial charge in [0, 0.05) is 24.8 Å². The molecule has 0 bridgehead atoms. The fourth-order valence-electron chi connectivity index (χ4n) is 0.625. The highest BCUT2D eigenvalue weighted by Gasteiger charge is 2.22. The molecule has 0 saturated carbocycles. The van der Waals surface area contributed by atoms with Crippen molar-refractivity contribution in [2.24, 2.45) is 0 Å². The van der Waals surface area contributed by atoms with Gasteiger partial charge in [-0.3, -0.25) is 0 Å². The summed E-state index contributed by atoms with van der Waals surface area (Å²) >= 11 is 0. The second kappa shape index (κ2) is 3.70. The van der Waals surface area contributed by atoms with E-state index >= 15 is 0 Å². The maximum Gasteiger partial charge on any atom is 0.323 e. The molecule has 1 aromatic heterocycles. The first-order valence-electron chi connectivity index (χ1n) is 3.45. The van der Waals surface area contributed by atoms with Crippen molar-refractivity contribution in [1.82, 2.24) is 18.5 Å². The van der Waals surface area contributed by atoms with Gasteiger partial charge in [0.1, 0.15) is 6.33 Å². The smallest absolute Gasteiger partial charge is 0.204 e. The van der Waals surface area contributed by atoms with Gasteiger partial charge in [-0.15, -0.1) is 9.19 Å². The summed E-state index contributed by atoms with van der Waals surface area (Å²) in [6, 6.07) is 0. The van der Waals surface area contributed by atoms with Gasteiger partial charge < -0.3 is 0 Å². The zero-order valence-corrected chi connectivity index (χ0v) is 10.1. The van der Waals surface area contributed by atoms with Crippen LogP contribution in [0.15, 0.2) is 11.5 Å². The minimum Gasteiger partial charge on any atom is -0.204 e. The van der Waals surface area contributed by atoms with Gasteiger partial charge in [0.2, 0.25) is 0 Å². The Labute approximate surface area is 91.1 Å². The highest BCUT2D eigenvalue weighted by molar-refractivity contribution is 8.13. The maximum absolute atomic E-state index is 11.4. The number of hydrogen-bond acceptors (Lipinski definition) is 6. The van der Waals surface area contributed by atoms with Crippen LogP contribution >= 0.6 is 10.7 Å². The molecule has 0 N–H and O–H groups in total. The average Bonchev–Trinajstić information content (AvgIpc) is 2.50. The quantitative estimate of drug-likeness (QED) is 0.646. The molecule has 86 valence electrons. The maximum atomic E-state index is 11.4. The number of rotatable bonds is 3. The first-order valence-corrected chi connectivity index (χ1v) is 7.15. The second-order valence-corrected chi connectivity index (χ2v) is 7.09. The molecule has 0 radical (unpaired) electrons. The molecule has 0 unspecified atom stereocenters. The molecular formula is C4H7ClN4O4S2. The van der Waals surface area contributed by atoms with Crippen LogP contribution in [0, 0.1) is 0 Å². The van der Waals surface area contributed by atoms with Crippen LogP contribution in [-0.2, 0) is 19.3 Å². The molecule has 1 aromatic rings. The van der Waals surface area contributed by atoms with Gasteiger partial charge in [-0.2, -0.15) is 12.7 Å². The van der Waals surface area contributed by atoms with E-state index < -0.39 is 24.4 Å². The van der Waals surface area contributed by atoms with Crippen LogP contribution in [0.4, 0.5) is 0 Å². The molecule has 0 atom stereocenters. The van der Waals surface area contributed by atoms with Gasteiger partial charge in [-0.1, -0.05) is 0 Å². The third kappa shape index (κ3) is 2.45. The monoisotopic (exact) mass is 274 g/mol. The van der Waals surface area contributed by atoms with Crippen LogP contribution in [0.5, 0.6) is 0 Å². The number of hydrogen-bond donors (Lipinski definition) is 0. The Morgan fingerprint density at radius 3 is 2.20 bits per heavy atom. The van der Waals surface area contributed by atoms with Crippen molar-refractivity contribution in [1.29, 1.82) is 0 Å². The highest BCUT2D eigenvalue weighted by atomic mass is 35.7. The summed E-state index contributed by atoms with van der Waals surface area (Å²) in [7, 11) is -0.518. The Morgan fingerprint density at radius 2 is 1.87 bits per heavy atom. The molecule has 0 amide bonds. The summed E-state index contributed by atoms with van der Waals surface area (Å²) in [5, 5.41) is 2.48. The van der Waals surface area contributed by atoms with E-state index in [0.717, 1.165) is 10.6 Å². The van der Waals surface area contributed by atoms with Crippen LogP contribution in [0.25, 0.3) is 0 Å². The molecule has 8 nitrogen and oxygen atoms in total. The summed E-state index contributed by atoms with van der Waals surface area (Å²) < 4.78 is 45.6. The Kier molecular flexibility index (Phi) is 3.05. The van der Waals surface area contributed by atoms with Crippen LogP contribution in [0.3, 0.4) is 0 Å². The standard InChI is InChI=1S/C4H7ClN4O4S2/c1-8(2)15(12,13)9-3-6-4(7-9)14(5,10)11/h3H,1-2H3. The first-order chi connectivity index (χ1) is 6.65. The third-order valence-electron chi connectivity index (χ3n) is 1.37. The Hall–Kier alpha value is -0.710. The fourth-order valence-corrected chi connectivity index (χ4v) is 1.93. The van der Waals surface area contributed by atoms with Crippen molar-refractivity contribution in [3.8, 4) is 0 Å². The molecule has 0 saturated heterocycles. The minimum atomic E-state index is -4.12. The van der Waals surface area contributed by atoms with Gasteiger partial charge >= 0.3 is 10.2 Å². The number of aromatic nitrogens is 3. The molecule has 11 heteroatoms. The second-order valence-electron chi connectivity index (χ2n) is 2.63. The first kappa shape index (κ1) is 12.4. The highest BCUT2D eigenvalue weighted by Crippen LogP contribution is 2.09. The van der Waals surface area contributed by atoms with Crippen LogP contribution in [0.2, 0.25) is 0 Å². The lowest BCUT2D eigenvalue weighted by Crippen LogP contribution is -2.29. The summed E-state index contributed by atoms with van der Waals surface area (Å²) in [5.41, 5.74) is 0. The van der Waals surface area contributed by atoms with Gasteiger partial charge in [-0.25, -0.2) is 13.4 Å². The van der Waals surface area contributed by atoms with Crippen LogP contribution in [0.1, 0.15) is 0 Å². The van der Waals surface area contributed by atoms with E-state index in [1.807, 2.05) is 0 Å². The minimum absolute atomic E-state index is 0.419. The molecule has 0 spiro atoms. The van der Waals surface area contributed by atoms with Gasteiger partial charge in [0.15, 0.2) is 0 Å². The van der Waals surface area contributed by atoms with E-state index in [9.17, 15) is 16.8 Å². The van der Waals surface area contributed by atoms with Crippen molar-refractivity contribution in [3.05, 3.63) is 6.33 Å². The summed E-state index contributed by atoms with van der Waals surface area (Å²) in [6.45, 7) is 0. The molecule has 0 aromatic carbocycles. The lowest BCUT2D eigenvalue weighted by molar-refractivity contribution is 0.502. The van der Waals surface area contributed by atoms with Gasteiger partial charge in [-0.05, 0) is 0 Å². The molecular weight excluding hydrogens is 268 g/mol. The Bertz CT molecular complexity index is 559. The topological polar surface area (TPSA) is 102 Å². The summed E-state index contributed by atoms with van der Waals surface area (Å²) in [6.07, 6.45) is 0.755. The van der Waals surface area contributed by atoms with E-state index in [4.69, 9.17) is 10.7 Å². The van der Waals surface area contributed by atoms with E-state index in [1.165, 1.54) is 14.1 Å². The molecule has 15 heavy (non-hydrogen) atoms. The van der Waals surface area contributed by atoms with E-state index in [0.29, 0.717) is 4.09 Å². The van der Waals surface area contributed by atoms with Gasteiger partial charge in [0.05, 0.1) is 0 Å². The number of nitrogens with zero attached hydrogens (tertiary/aromatic N) is 4. The van der Waals surface area contributed by atoms with Crippen molar-refractivity contribution < 1.29 is 16.8 Å². The molecule has 0 aliphatic heterocycles. The fraction of sp³-hybridized carbons (Fsp3) is 0.500. The van der Waals surface area contributed by atoms with Crippen molar-refractivity contribution in [2.75, 3.05) is 14.1 Å². The number of halogens is 1. The molecule has 1 rings (SSSR count). The predicted octanol–water partition coefficient (Wildman–Crippen LogP) is -1.14. The van der Waals surface area contributed by atoms with Crippen molar-refractivity contribution >= 4 is 29.9 Å². The zero-order chi connectivity index (χ0) is 11.9. The van der Waals surface area contributed by atoms with E-state index in [1.54, 1.807) is 0 Å². The normalized spacial score (nSPS) is 13.3. The van der Waals surface area contributed by atoms with E-state index in [2.05, 4.69) is 10.1 Å². The third-order valence-corrected chi connectivity index (χ3v) is 3.98. The Balaban J connectivity index is 3.28. The van der Waals surface area contributed by atoms with Crippen LogP contribution < -0.4 is 0 Å². The SMILES string of the molecule is CN(C)S(=O)(=O)n1cnc(S(=O)(=O)Cl)n1. The Morgan fingerprint density at radius 1 is 1.33 bits per heavy atom. The van der Waals surface area contributed by atoms with Crippen molar-refractivity contribution in [2.45, 2.75) is 5.16 Å². The lowest BCUT2D eigenvalue weighted by Gasteiger charge is -2.08. The van der Waals surface area contributed by atoms with Gasteiger partial charge in [0.25, 0.3) is 14.2 Å². The molecule has 0 aliphatic carbocycles. The lowest BCUT2D eigenvalue weighted by atomic mass is 11.3. The van der Waals surface area contributed by atoms with Crippen LogP contribution in [-0.4, -0.2) is 49.4 Å². The summed E-state index contributed by atoms with van der Waals surface area (Å²) in [5.74, 6) is 0. The summed E-state index contributed by atoms with van der Waals surface area (Å²) in [4.78, 5) is 3.26. The molecule has 0 aliphatic rings. The molecule has 0 fully saturated rings. The van der Waals surface area contributed by atoms with Crippen molar-refractivity contribution in [3.63, 3.8) is 0 Å². The van der Waals surface area contributed by atoms with E-state index in [-0.39, 0.29) is 0 Å².